The zero-order valence-electron chi connectivity index (χ0n) is 12.1. The van der Waals surface area contributed by atoms with Crippen LogP contribution in [0, 0.1) is 6.92 Å². The van der Waals surface area contributed by atoms with E-state index in [9.17, 15) is 14.2 Å². The molecule has 120 valence electrons. The smallest absolute Gasteiger partial charge is 0.318 e. The number of hydrogen-bond donors (Lipinski definition) is 1. The number of aromatic nitrogens is 3. The molecule has 1 aromatic carbocycles. The van der Waals surface area contributed by atoms with Crippen molar-refractivity contribution in [3.63, 3.8) is 0 Å². The molecule has 0 bridgehead atoms. The Bertz CT molecular complexity index is 818. The number of rotatable bonds is 5. The summed E-state index contributed by atoms with van der Waals surface area (Å²) in [6, 6.07) is 5.22. The predicted molar refractivity (Wildman–Crippen MR) is 79.0 cm³/mol. The lowest BCUT2D eigenvalue weighted by molar-refractivity contribution is -0.114. The quantitative estimate of drug-likeness (QED) is 0.630. The van der Waals surface area contributed by atoms with Crippen LogP contribution < -0.4 is 4.90 Å². The Balaban J connectivity index is 1.80. The van der Waals surface area contributed by atoms with Gasteiger partial charge in [0.05, 0.1) is 24.0 Å². The number of benzene rings is 1. The fraction of sp³-hybridized carbons (Fsp3) is 0.231. The van der Waals surface area contributed by atoms with E-state index in [2.05, 4.69) is 14.8 Å². The molecular formula is C13H13N4O5P. The monoisotopic (exact) mass is 336 g/mol. The molecule has 1 amide bonds. The second kappa shape index (κ2) is 6.04. The summed E-state index contributed by atoms with van der Waals surface area (Å²) in [6.45, 7) is 1.71. The van der Waals surface area contributed by atoms with Crippen molar-refractivity contribution in [2.45, 2.75) is 20.2 Å². The van der Waals surface area contributed by atoms with E-state index in [1.807, 2.05) is 13.0 Å². The zero-order chi connectivity index (χ0) is 16.6. The average Bonchev–Trinajstić information content (AvgIpc) is 3.05. The highest BCUT2D eigenvalue weighted by Crippen LogP contribution is 2.30. The third-order valence-corrected chi connectivity index (χ3v) is 3.73. The maximum atomic E-state index is 12.1. The molecule has 1 aliphatic rings. The van der Waals surface area contributed by atoms with E-state index in [0.29, 0.717) is 16.9 Å². The van der Waals surface area contributed by atoms with Crippen molar-refractivity contribution in [2.75, 3.05) is 4.90 Å². The first kappa shape index (κ1) is 15.5. The molecule has 0 saturated heterocycles. The molecule has 3 rings (SSSR count). The molecule has 0 fully saturated rings. The maximum Gasteiger partial charge on any atom is 0.318 e. The van der Waals surface area contributed by atoms with Gasteiger partial charge in [0.25, 0.3) is 11.7 Å². The van der Waals surface area contributed by atoms with Gasteiger partial charge in [0.1, 0.15) is 12.4 Å². The molecule has 1 unspecified atom stereocenters. The first-order valence-corrected chi connectivity index (χ1v) is 7.93. The van der Waals surface area contributed by atoms with Crippen molar-refractivity contribution in [1.29, 1.82) is 0 Å². The summed E-state index contributed by atoms with van der Waals surface area (Å²) in [7, 11) is -3.05. The lowest BCUT2D eigenvalue weighted by atomic mass is 10.1. The molecule has 1 aliphatic heterocycles. The van der Waals surface area contributed by atoms with Crippen LogP contribution in [0.1, 0.15) is 21.6 Å². The first-order chi connectivity index (χ1) is 11.0. The number of fused-ring (bicyclic) bond motifs is 1. The number of aryl methyl sites for hydroxylation is 1. The van der Waals surface area contributed by atoms with Crippen LogP contribution in [0.25, 0.3) is 0 Å². The second-order valence-electron chi connectivity index (χ2n) is 5.03. The van der Waals surface area contributed by atoms with Gasteiger partial charge in [-0.15, -0.1) is 5.10 Å². The highest BCUT2D eigenvalue weighted by atomic mass is 31.1. The average molecular weight is 336 g/mol. The molecule has 23 heavy (non-hydrogen) atoms. The van der Waals surface area contributed by atoms with E-state index in [0.717, 1.165) is 5.56 Å². The van der Waals surface area contributed by atoms with Gasteiger partial charge < -0.3 is 4.89 Å². The van der Waals surface area contributed by atoms with Gasteiger partial charge in [-0.2, -0.15) is 0 Å². The van der Waals surface area contributed by atoms with E-state index in [-0.39, 0.29) is 13.3 Å². The molecule has 9 nitrogen and oxygen atoms in total. The van der Waals surface area contributed by atoms with Gasteiger partial charge in [0.15, 0.2) is 0 Å². The van der Waals surface area contributed by atoms with Crippen LogP contribution in [0.2, 0.25) is 0 Å². The summed E-state index contributed by atoms with van der Waals surface area (Å²) in [5.41, 5.74) is 2.25. The van der Waals surface area contributed by atoms with Gasteiger partial charge in [0, 0.05) is 0 Å². The molecule has 0 radical (unpaired) electrons. The van der Waals surface area contributed by atoms with E-state index in [4.69, 9.17) is 4.89 Å². The van der Waals surface area contributed by atoms with Crippen molar-refractivity contribution in [2.24, 2.45) is 0 Å². The number of carbonyl (C=O) groups is 2. The molecular weight excluding hydrogens is 323 g/mol. The third kappa shape index (κ3) is 3.07. The van der Waals surface area contributed by atoms with Gasteiger partial charge >= 0.3 is 8.25 Å². The number of anilines is 1. The summed E-state index contributed by atoms with van der Waals surface area (Å²) in [6.07, 6.45) is 1.48. The Morgan fingerprint density at radius 3 is 2.87 bits per heavy atom. The van der Waals surface area contributed by atoms with E-state index in [1.165, 1.54) is 15.8 Å². The Morgan fingerprint density at radius 1 is 1.35 bits per heavy atom. The predicted octanol–water partition coefficient (Wildman–Crippen LogP) is 0.672. The summed E-state index contributed by atoms with van der Waals surface area (Å²) in [4.78, 5) is 34.1. The SMILES string of the molecule is Cc1ccc2c(c1)C(=O)C(=O)N2Cc1cn(CO[PH](=O)O)nn1. The minimum Gasteiger partial charge on any atom is -0.326 e. The number of carbonyl (C=O) groups excluding carboxylic acids is 2. The Hall–Kier alpha value is -2.35. The summed E-state index contributed by atoms with van der Waals surface area (Å²) in [5, 5.41) is 7.59. The summed E-state index contributed by atoms with van der Waals surface area (Å²) in [5.74, 6) is -1.16. The van der Waals surface area contributed by atoms with E-state index < -0.39 is 19.9 Å². The number of amides is 1. The standard InChI is InChI=1S/C13H13N4O5P/c1-8-2-3-11-10(4-8)12(18)13(19)17(11)6-9-5-16(15-14-9)7-22-23(20)21/h2-5,23H,6-7H2,1H3,(H,20,21). The summed E-state index contributed by atoms with van der Waals surface area (Å²) < 4.78 is 16.3. The molecule has 0 aliphatic carbocycles. The minimum absolute atomic E-state index is 0.0783. The highest BCUT2D eigenvalue weighted by Gasteiger charge is 2.36. The van der Waals surface area contributed by atoms with Gasteiger partial charge in [0.2, 0.25) is 0 Å². The number of hydrogen-bond acceptors (Lipinski definition) is 6. The first-order valence-electron chi connectivity index (χ1n) is 6.67. The fourth-order valence-electron chi connectivity index (χ4n) is 2.33. The maximum absolute atomic E-state index is 12.1. The van der Waals surface area contributed by atoms with Crippen molar-refractivity contribution in [3.8, 4) is 0 Å². The van der Waals surface area contributed by atoms with Crippen molar-refractivity contribution in [1.82, 2.24) is 15.0 Å². The Kier molecular flexibility index (Phi) is 4.08. The Labute approximate surface area is 131 Å². The summed E-state index contributed by atoms with van der Waals surface area (Å²) >= 11 is 0. The lowest BCUT2D eigenvalue weighted by Gasteiger charge is -2.14. The van der Waals surface area contributed by atoms with Gasteiger partial charge in [-0.05, 0) is 19.1 Å². The molecule has 0 spiro atoms. The number of Topliss-reactive ketones (excluding diaryl/α,β-unsaturated/α-hetero) is 1. The molecule has 2 heterocycles. The van der Waals surface area contributed by atoms with E-state index in [1.54, 1.807) is 12.1 Å². The van der Waals surface area contributed by atoms with Crippen LogP contribution in [0.3, 0.4) is 0 Å². The van der Waals surface area contributed by atoms with Crippen molar-refractivity contribution < 1.29 is 23.6 Å². The number of nitrogens with zero attached hydrogens (tertiary/aromatic N) is 4. The van der Waals surface area contributed by atoms with Crippen LogP contribution in [0.4, 0.5) is 5.69 Å². The molecule has 2 aromatic rings. The van der Waals surface area contributed by atoms with Crippen LogP contribution >= 0.6 is 8.25 Å². The van der Waals surface area contributed by atoms with Gasteiger partial charge in [-0.25, -0.2) is 4.68 Å². The minimum atomic E-state index is -3.05. The van der Waals surface area contributed by atoms with Crippen LogP contribution in [-0.4, -0.2) is 31.6 Å². The van der Waals surface area contributed by atoms with Gasteiger partial charge in [-0.1, -0.05) is 16.8 Å². The van der Waals surface area contributed by atoms with E-state index >= 15 is 0 Å². The molecule has 0 saturated carbocycles. The van der Waals surface area contributed by atoms with Gasteiger partial charge in [-0.3, -0.25) is 23.6 Å². The fourth-order valence-corrected chi connectivity index (χ4v) is 2.57. The molecule has 1 N–H and O–H groups in total. The van der Waals surface area contributed by atoms with Crippen molar-refractivity contribution >= 4 is 25.6 Å². The number of ketones is 1. The third-order valence-electron chi connectivity index (χ3n) is 3.35. The topological polar surface area (TPSA) is 115 Å². The van der Waals surface area contributed by atoms with Crippen LogP contribution in [0.5, 0.6) is 0 Å². The molecule has 1 atom stereocenters. The lowest BCUT2D eigenvalue weighted by Crippen LogP contribution is -2.29. The largest absolute Gasteiger partial charge is 0.326 e. The zero-order valence-corrected chi connectivity index (χ0v) is 13.1. The van der Waals surface area contributed by atoms with Crippen LogP contribution in [-0.2, 0) is 27.2 Å². The van der Waals surface area contributed by atoms with Crippen molar-refractivity contribution in [3.05, 3.63) is 41.2 Å². The molecule has 10 heteroatoms. The Morgan fingerprint density at radius 2 is 2.13 bits per heavy atom. The normalized spacial score (nSPS) is 15.1. The molecule has 1 aromatic heterocycles. The highest BCUT2D eigenvalue weighted by molar-refractivity contribution is 7.32. The van der Waals surface area contributed by atoms with Crippen LogP contribution in [0.15, 0.2) is 24.4 Å². The second-order valence-corrected chi connectivity index (χ2v) is 5.85.